The van der Waals surface area contributed by atoms with Gasteiger partial charge in [-0.1, -0.05) is 44.0 Å². The van der Waals surface area contributed by atoms with Crippen molar-refractivity contribution >= 4 is 31.9 Å². The summed E-state index contributed by atoms with van der Waals surface area (Å²) in [5, 5.41) is 0. The Morgan fingerprint density at radius 2 is 1.85 bits per heavy atom. The highest BCUT2D eigenvalue weighted by atomic mass is 79.9. The van der Waals surface area contributed by atoms with E-state index < -0.39 is 6.04 Å². The normalized spacial score (nSPS) is 12.5. The second kappa shape index (κ2) is 6.35. The lowest BCUT2D eigenvalue weighted by molar-refractivity contribution is 0.555. The zero-order chi connectivity index (χ0) is 14.9. The van der Waals surface area contributed by atoms with E-state index in [0.717, 1.165) is 25.6 Å². The number of nitrogens with one attached hydrogen (secondary N) is 1. The van der Waals surface area contributed by atoms with Gasteiger partial charge in [-0.3, -0.25) is 5.84 Å². The number of aryl methyl sites for hydroxylation is 2. The monoisotopic (exact) mass is 400 g/mol. The number of benzene rings is 2. The fourth-order valence-electron chi connectivity index (χ4n) is 2.36. The summed E-state index contributed by atoms with van der Waals surface area (Å²) in [5.74, 6) is 5.42. The van der Waals surface area contributed by atoms with E-state index in [1.807, 2.05) is 38.1 Å². The third kappa shape index (κ3) is 3.11. The molecule has 20 heavy (non-hydrogen) atoms. The van der Waals surface area contributed by atoms with E-state index in [0.29, 0.717) is 5.56 Å². The second-order valence-electron chi connectivity index (χ2n) is 4.74. The Morgan fingerprint density at radius 3 is 2.40 bits per heavy atom. The van der Waals surface area contributed by atoms with Gasteiger partial charge < -0.3 is 0 Å². The summed E-state index contributed by atoms with van der Waals surface area (Å²) in [6.07, 6.45) is 0. The lowest BCUT2D eigenvalue weighted by Crippen LogP contribution is -2.30. The van der Waals surface area contributed by atoms with Crippen LogP contribution in [0.15, 0.2) is 39.3 Å². The van der Waals surface area contributed by atoms with E-state index in [4.69, 9.17) is 5.84 Å². The average molecular weight is 402 g/mol. The molecule has 5 heteroatoms. The molecule has 0 heterocycles. The average Bonchev–Trinajstić information content (AvgIpc) is 2.34. The Balaban J connectivity index is 2.58. The van der Waals surface area contributed by atoms with Crippen molar-refractivity contribution in [3.05, 3.63) is 67.3 Å². The Morgan fingerprint density at radius 1 is 1.15 bits per heavy atom. The highest BCUT2D eigenvalue weighted by molar-refractivity contribution is 9.11. The van der Waals surface area contributed by atoms with Crippen molar-refractivity contribution in [3.8, 4) is 0 Å². The van der Waals surface area contributed by atoms with Gasteiger partial charge in [0.05, 0.1) is 6.04 Å². The van der Waals surface area contributed by atoms with Crippen LogP contribution in [0, 0.1) is 19.7 Å². The molecule has 0 aromatic heterocycles. The molecule has 0 saturated carbocycles. The minimum absolute atomic E-state index is 0.250. The van der Waals surface area contributed by atoms with Gasteiger partial charge in [0, 0.05) is 14.5 Å². The van der Waals surface area contributed by atoms with Crippen molar-refractivity contribution in [2.75, 3.05) is 0 Å². The molecular formula is C15H15Br2FN2. The van der Waals surface area contributed by atoms with Crippen molar-refractivity contribution in [3.63, 3.8) is 0 Å². The van der Waals surface area contributed by atoms with Crippen LogP contribution in [-0.2, 0) is 0 Å². The Labute approximate surface area is 134 Å². The molecule has 2 rings (SSSR count). The van der Waals surface area contributed by atoms with Crippen LogP contribution in [0.3, 0.4) is 0 Å². The Bertz CT molecular complexity index is 621. The highest BCUT2D eigenvalue weighted by Gasteiger charge is 2.21. The summed E-state index contributed by atoms with van der Waals surface area (Å²) in [5.41, 5.74) is 5.94. The quantitative estimate of drug-likeness (QED) is 0.586. The predicted molar refractivity (Wildman–Crippen MR) is 86.9 cm³/mol. The topological polar surface area (TPSA) is 38.0 Å². The van der Waals surface area contributed by atoms with Gasteiger partial charge in [-0.05, 0) is 48.7 Å². The second-order valence-corrected chi connectivity index (χ2v) is 6.51. The van der Waals surface area contributed by atoms with Gasteiger partial charge in [0.25, 0.3) is 0 Å². The third-order valence-corrected chi connectivity index (χ3v) is 4.39. The van der Waals surface area contributed by atoms with Crippen molar-refractivity contribution in [2.45, 2.75) is 19.9 Å². The number of rotatable bonds is 3. The SMILES string of the molecule is Cc1cc(C)c(C(NN)c2ccc(Br)cc2Br)c(F)c1. The zero-order valence-electron chi connectivity index (χ0n) is 11.2. The van der Waals surface area contributed by atoms with Crippen molar-refractivity contribution < 1.29 is 4.39 Å². The molecule has 0 spiro atoms. The maximum Gasteiger partial charge on any atom is 0.128 e. The first-order chi connectivity index (χ1) is 9.43. The minimum atomic E-state index is -0.405. The van der Waals surface area contributed by atoms with E-state index in [1.54, 1.807) is 0 Å². The molecule has 106 valence electrons. The van der Waals surface area contributed by atoms with Gasteiger partial charge in [-0.25, -0.2) is 9.82 Å². The van der Waals surface area contributed by atoms with Crippen LogP contribution in [0.4, 0.5) is 4.39 Å². The Kier molecular flexibility index (Phi) is 4.96. The van der Waals surface area contributed by atoms with Crippen LogP contribution in [0.5, 0.6) is 0 Å². The molecule has 0 aliphatic rings. The van der Waals surface area contributed by atoms with Crippen LogP contribution in [0.1, 0.15) is 28.3 Å². The van der Waals surface area contributed by atoms with E-state index >= 15 is 0 Å². The summed E-state index contributed by atoms with van der Waals surface area (Å²) in [6, 6.07) is 8.82. The number of nitrogens with two attached hydrogens (primary N) is 1. The maximum absolute atomic E-state index is 14.3. The van der Waals surface area contributed by atoms with Gasteiger partial charge >= 0.3 is 0 Å². The molecular weight excluding hydrogens is 387 g/mol. The standard InChI is InChI=1S/C15H15Br2FN2/c1-8-5-9(2)14(13(18)6-8)15(20-19)11-4-3-10(16)7-12(11)17/h3-7,15,20H,19H2,1-2H3. The summed E-state index contributed by atoms with van der Waals surface area (Å²) in [7, 11) is 0. The van der Waals surface area contributed by atoms with Gasteiger partial charge in [0.1, 0.15) is 5.82 Å². The van der Waals surface area contributed by atoms with Gasteiger partial charge in [-0.2, -0.15) is 0 Å². The summed E-state index contributed by atoms with van der Waals surface area (Å²) >= 11 is 6.91. The lowest BCUT2D eigenvalue weighted by Gasteiger charge is -2.21. The molecule has 2 aromatic carbocycles. The minimum Gasteiger partial charge on any atom is -0.271 e. The molecule has 0 saturated heterocycles. The number of hydrazine groups is 1. The molecule has 0 fully saturated rings. The van der Waals surface area contributed by atoms with Crippen molar-refractivity contribution in [1.29, 1.82) is 0 Å². The van der Waals surface area contributed by atoms with Crippen molar-refractivity contribution in [1.82, 2.24) is 5.43 Å². The smallest absolute Gasteiger partial charge is 0.128 e. The molecule has 0 bridgehead atoms. The van der Waals surface area contributed by atoms with Gasteiger partial charge in [-0.15, -0.1) is 0 Å². The summed E-state index contributed by atoms with van der Waals surface area (Å²) in [6.45, 7) is 3.77. The maximum atomic E-state index is 14.3. The fourth-order valence-corrected chi connectivity index (χ4v) is 3.63. The highest BCUT2D eigenvalue weighted by Crippen LogP contribution is 2.33. The van der Waals surface area contributed by atoms with Crippen LogP contribution < -0.4 is 11.3 Å². The van der Waals surface area contributed by atoms with E-state index in [9.17, 15) is 4.39 Å². The van der Waals surface area contributed by atoms with Crippen LogP contribution >= 0.6 is 31.9 Å². The molecule has 0 amide bonds. The molecule has 2 aromatic rings. The molecule has 0 radical (unpaired) electrons. The molecule has 1 atom stereocenters. The Hall–Kier alpha value is -0.750. The fraction of sp³-hybridized carbons (Fsp3) is 0.200. The third-order valence-electron chi connectivity index (χ3n) is 3.21. The molecule has 0 aliphatic carbocycles. The van der Waals surface area contributed by atoms with Crippen molar-refractivity contribution in [2.24, 2.45) is 5.84 Å². The van der Waals surface area contributed by atoms with E-state index in [2.05, 4.69) is 37.3 Å². The first kappa shape index (κ1) is 15.6. The number of hydrogen-bond acceptors (Lipinski definition) is 2. The largest absolute Gasteiger partial charge is 0.271 e. The molecule has 0 aliphatic heterocycles. The predicted octanol–water partition coefficient (Wildman–Crippen LogP) is 4.52. The van der Waals surface area contributed by atoms with Crippen LogP contribution in [0.2, 0.25) is 0 Å². The van der Waals surface area contributed by atoms with Gasteiger partial charge in [0.15, 0.2) is 0 Å². The number of hydrogen-bond donors (Lipinski definition) is 2. The summed E-state index contributed by atoms with van der Waals surface area (Å²) in [4.78, 5) is 0. The first-order valence-corrected chi connectivity index (χ1v) is 7.70. The zero-order valence-corrected chi connectivity index (χ0v) is 14.3. The lowest BCUT2D eigenvalue weighted by atomic mass is 9.93. The molecule has 1 unspecified atom stereocenters. The van der Waals surface area contributed by atoms with Crippen LogP contribution in [-0.4, -0.2) is 0 Å². The molecule has 3 N–H and O–H groups in total. The van der Waals surface area contributed by atoms with Gasteiger partial charge in [0.2, 0.25) is 0 Å². The number of halogens is 3. The van der Waals surface area contributed by atoms with E-state index in [1.165, 1.54) is 6.07 Å². The van der Waals surface area contributed by atoms with Crippen LogP contribution in [0.25, 0.3) is 0 Å². The van der Waals surface area contributed by atoms with E-state index in [-0.39, 0.29) is 5.82 Å². The summed E-state index contributed by atoms with van der Waals surface area (Å²) < 4.78 is 16.1. The first-order valence-electron chi connectivity index (χ1n) is 6.11. The molecule has 2 nitrogen and oxygen atoms in total.